The van der Waals surface area contributed by atoms with Crippen molar-refractivity contribution in [3.8, 4) is 5.75 Å². The van der Waals surface area contributed by atoms with Crippen molar-refractivity contribution in [2.75, 3.05) is 0 Å². The van der Waals surface area contributed by atoms with Crippen molar-refractivity contribution < 1.29 is 18.6 Å². The quantitative estimate of drug-likeness (QED) is 0.914. The normalized spacial score (nSPS) is 12.2. The van der Waals surface area contributed by atoms with E-state index in [1.54, 1.807) is 25.1 Å². The first-order chi connectivity index (χ1) is 9.49. The molecule has 106 valence electrons. The van der Waals surface area contributed by atoms with E-state index in [2.05, 4.69) is 0 Å². The standard InChI is InChI=1S/C15H13ClF2O2/c1-9(19)10-5-6-14(12(16)7-10)20-8-11-3-2-4-13(17)15(11)18/h2-7,9,19H,8H2,1H3/t9-/m0/s1. The summed E-state index contributed by atoms with van der Waals surface area (Å²) >= 11 is 6.01. The fourth-order valence-corrected chi connectivity index (χ4v) is 1.95. The third-order valence-corrected chi connectivity index (χ3v) is 3.15. The van der Waals surface area contributed by atoms with Crippen LogP contribution in [0.4, 0.5) is 8.78 Å². The van der Waals surface area contributed by atoms with E-state index < -0.39 is 17.7 Å². The molecule has 20 heavy (non-hydrogen) atoms. The molecule has 1 N–H and O–H groups in total. The van der Waals surface area contributed by atoms with Crippen LogP contribution in [0.3, 0.4) is 0 Å². The lowest BCUT2D eigenvalue weighted by Gasteiger charge is -2.11. The summed E-state index contributed by atoms with van der Waals surface area (Å²) in [7, 11) is 0. The lowest BCUT2D eigenvalue weighted by atomic mass is 10.1. The van der Waals surface area contributed by atoms with Crippen LogP contribution < -0.4 is 4.74 Å². The SMILES string of the molecule is C[C@H](O)c1ccc(OCc2cccc(F)c2F)c(Cl)c1. The largest absolute Gasteiger partial charge is 0.487 e. The second kappa shape index (κ2) is 6.20. The molecule has 2 nitrogen and oxygen atoms in total. The van der Waals surface area contributed by atoms with Crippen molar-refractivity contribution in [1.82, 2.24) is 0 Å². The molecular weight excluding hydrogens is 286 g/mol. The molecule has 1 atom stereocenters. The summed E-state index contributed by atoms with van der Waals surface area (Å²) in [6.45, 7) is 1.49. The van der Waals surface area contributed by atoms with Gasteiger partial charge in [0.25, 0.3) is 0 Å². The van der Waals surface area contributed by atoms with Crippen molar-refractivity contribution in [2.24, 2.45) is 0 Å². The predicted octanol–water partition coefficient (Wildman–Crippen LogP) is 4.25. The average Bonchev–Trinajstić information content (AvgIpc) is 2.41. The second-order valence-corrected chi connectivity index (χ2v) is 4.77. The molecule has 0 spiro atoms. The average molecular weight is 299 g/mol. The van der Waals surface area contributed by atoms with Gasteiger partial charge in [0.15, 0.2) is 11.6 Å². The van der Waals surface area contributed by atoms with Gasteiger partial charge in [0.1, 0.15) is 12.4 Å². The molecule has 0 bridgehead atoms. The van der Waals surface area contributed by atoms with Crippen LogP contribution in [-0.2, 0) is 6.61 Å². The molecule has 0 aliphatic rings. The van der Waals surface area contributed by atoms with E-state index in [9.17, 15) is 13.9 Å². The van der Waals surface area contributed by atoms with Gasteiger partial charge >= 0.3 is 0 Å². The molecule has 0 saturated carbocycles. The summed E-state index contributed by atoms with van der Waals surface area (Å²) in [6, 6.07) is 8.72. The van der Waals surface area contributed by atoms with Crippen molar-refractivity contribution >= 4 is 11.6 Å². The molecule has 0 fully saturated rings. The van der Waals surface area contributed by atoms with Crippen LogP contribution in [0.15, 0.2) is 36.4 Å². The number of halogens is 3. The van der Waals surface area contributed by atoms with E-state index >= 15 is 0 Å². The molecule has 2 rings (SSSR count). The highest BCUT2D eigenvalue weighted by Gasteiger charge is 2.10. The van der Waals surface area contributed by atoms with Crippen molar-refractivity contribution in [3.05, 3.63) is 64.2 Å². The highest BCUT2D eigenvalue weighted by atomic mass is 35.5. The number of hydrogen-bond donors (Lipinski definition) is 1. The van der Waals surface area contributed by atoms with Crippen LogP contribution in [0.5, 0.6) is 5.75 Å². The van der Waals surface area contributed by atoms with E-state index in [0.717, 1.165) is 6.07 Å². The smallest absolute Gasteiger partial charge is 0.165 e. The molecule has 0 aliphatic heterocycles. The third-order valence-electron chi connectivity index (χ3n) is 2.85. The molecule has 0 saturated heterocycles. The summed E-state index contributed by atoms with van der Waals surface area (Å²) in [5.74, 6) is -1.49. The monoisotopic (exact) mass is 298 g/mol. The van der Waals surface area contributed by atoms with E-state index in [-0.39, 0.29) is 12.2 Å². The lowest BCUT2D eigenvalue weighted by Crippen LogP contribution is -2.01. The number of ether oxygens (including phenoxy) is 1. The predicted molar refractivity (Wildman–Crippen MR) is 72.8 cm³/mol. The number of hydrogen-bond acceptors (Lipinski definition) is 2. The van der Waals surface area contributed by atoms with Crippen LogP contribution in [-0.4, -0.2) is 5.11 Å². The summed E-state index contributed by atoms with van der Waals surface area (Å²) < 4.78 is 31.9. The van der Waals surface area contributed by atoms with Crippen molar-refractivity contribution in [1.29, 1.82) is 0 Å². The van der Waals surface area contributed by atoms with E-state index in [1.165, 1.54) is 12.1 Å². The maximum atomic E-state index is 13.5. The van der Waals surface area contributed by atoms with Crippen molar-refractivity contribution in [2.45, 2.75) is 19.6 Å². The van der Waals surface area contributed by atoms with Gasteiger partial charge in [0, 0.05) is 5.56 Å². The van der Waals surface area contributed by atoms with Crippen LogP contribution in [0.2, 0.25) is 5.02 Å². The summed E-state index contributed by atoms with van der Waals surface area (Å²) in [6.07, 6.45) is -0.637. The van der Waals surface area contributed by atoms with Crippen LogP contribution >= 0.6 is 11.6 Å². The molecule has 0 radical (unpaired) electrons. The fraction of sp³-hybridized carbons (Fsp3) is 0.200. The Hall–Kier alpha value is -1.65. The van der Waals surface area contributed by atoms with Crippen LogP contribution in [0, 0.1) is 11.6 Å². The molecule has 0 aliphatic carbocycles. The highest BCUT2D eigenvalue weighted by molar-refractivity contribution is 6.32. The lowest BCUT2D eigenvalue weighted by molar-refractivity contribution is 0.199. The zero-order chi connectivity index (χ0) is 14.7. The summed E-state index contributed by atoms with van der Waals surface area (Å²) in [4.78, 5) is 0. The van der Waals surface area contributed by atoms with Gasteiger partial charge in [-0.05, 0) is 30.7 Å². The van der Waals surface area contributed by atoms with Gasteiger partial charge in [-0.2, -0.15) is 0 Å². The van der Waals surface area contributed by atoms with E-state index in [0.29, 0.717) is 16.3 Å². The van der Waals surface area contributed by atoms with Gasteiger partial charge < -0.3 is 9.84 Å². The zero-order valence-corrected chi connectivity index (χ0v) is 11.5. The first-order valence-corrected chi connectivity index (χ1v) is 6.40. The second-order valence-electron chi connectivity index (χ2n) is 4.37. The molecule has 0 unspecified atom stereocenters. The first kappa shape index (κ1) is 14.8. The fourth-order valence-electron chi connectivity index (χ4n) is 1.71. The van der Waals surface area contributed by atoms with Crippen molar-refractivity contribution in [3.63, 3.8) is 0 Å². The van der Waals surface area contributed by atoms with Gasteiger partial charge in [-0.15, -0.1) is 0 Å². The molecule has 0 aromatic heterocycles. The van der Waals surface area contributed by atoms with Gasteiger partial charge in [-0.1, -0.05) is 29.8 Å². The molecule has 2 aromatic rings. The zero-order valence-electron chi connectivity index (χ0n) is 10.7. The Balaban J connectivity index is 2.13. The molecule has 5 heteroatoms. The molecular formula is C15H13ClF2O2. The Bertz CT molecular complexity index is 615. The Labute approximate surface area is 120 Å². The molecule has 0 amide bonds. The van der Waals surface area contributed by atoms with Gasteiger partial charge in [-0.3, -0.25) is 0 Å². The number of rotatable bonds is 4. The topological polar surface area (TPSA) is 29.5 Å². The minimum absolute atomic E-state index is 0.112. The Morgan fingerprint density at radius 1 is 1.25 bits per heavy atom. The number of aliphatic hydroxyl groups excluding tert-OH is 1. The number of aliphatic hydroxyl groups is 1. The maximum absolute atomic E-state index is 13.5. The highest BCUT2D eigenvalue weighted by Crippen LogP contribution is 2.28. The van der Waals surface area contributed by atoms with Crippen LogP contribution in [0.25, 0.3) is 0 Å². The first-order valence-electron chi connectivity index (χ1n) is 6.02. The maximum Gasteiger partial charge on any atom is 0.165 e. The number of benzene rings is 2. The summed E-state index contributed by atoms with van der Waals surface area (Å²) in [5, 5.41) is 9.73. The van der Waals surface area contributed by atoms with Gasteiger partial charge in [0.2, 0.25) is 0 Å². The third kappa shape index (κ3) is 3.26. The molecule has 2 aromatic carbocycles. The minimum atomic E-state index is -0.927. The minimum Gasteiger partial charge on any atom is -0.487 e. The van der Waals surface area contributed by atoms with E-state index in [1.807, 2.05) is 0 Å². The Morgan fingerprint density at radius 2 is 2.00 bits per heavy atom. The van der Waals surface area contributed by atoms with Gasteiger partial charge in [0.05, 0.1) is 11.1 Å². The van der Waals surface area contributed by atoms with Crippen LogP contribution in [0.1, 0.15) is 24.2 Å². The molecule has 0 heterocycles. The Kier molecular flexibility index (Phi) is 4.57. The Morgan fingerprint density at radius 3 is 2.65 bits per heavy atom. The van der Waals surface area contributed by atoms with Gasteiger partial charge in [-0.25, -0.2) is 8.78 Å². The summed E-state index contributed by atoms with van der Waals surface area (Å²) in [5.41, 5.74) is 0.764. The van der Waals surface area contributed by atoms with E-state index in [4.69, 9.17) is 16.3 Å².